The molecule has 2 heterocycles. The molecule has 0 radical (unpaired) electrons. The molecule has 2 aromatic heterocycles. The van der Waals surface area contributed by atoms with Crippen LogP contribution in [0.1, 0.15) is 5.69 Å². The molecule has 0 amide bonds. The Bertz CT molecular complexity index is 1280. The molecular weight excluding hydrogens is 380 g/mol. The predicted molar refractivity (Wildman–Crippen MR) is 104 cm³/mol. The highest BCUT2D eigenvalue weighted by atomic mass is 32.2. The topological polar surface area (TPSA) is 109 Å². The maximum Gasteiger partial charge on any atom is 0.295 e. The van der Waals surface area contributed by atoms with Crippen molar-refractivity contribution in [3.63, 3.8) is 0 Å². The molecule has 0 spiro atoms. The van der Waals surface area contributed by atoms with Crippen LogP contribution in [0, 0.1) is 17.0 Å². The van der Waals surface area contributed by atoms with Gasteiger partial charge in [-0.15, -0.1) is 10.2 Å². The van der Waals surface area contributed by atoms with Gasteiger partial charge in [0.1, 0.15) is 12.0 Å². The molecule has 0 saturated carbocycles. The zero-order valence-electron chi connectivity index (χ0n) is 14.9. The maximum atomic E-state index is 13.0. The van der Waals surface area contributed by atoms with Crippen LogP contribution in [0.4, 0.5) is 5.69 Å². The molecule has 0 saturated heterocycles. The summed E-state index contributed by atoms with van der Waals surface area (Å²) in [5.41, 5.74) is 0.101. The average Bonchev–Trinajstić information content (AvgIpc) is 3.09. The number of aromatic nitrogens is 5. The van der Waals surface area contributed by atoms with E-state index >= 15 is 0 Å². The summed E-state index contributed by atoms with van der Waals surface area (Å²) in [7, 11) is 1.80. The van der Waals surface area contributed by atoms with Gasteiger partial charge in [0.05, 0.1) is 16.0 Å². The summed E-state index contributed by atoms with van der Waals surface area (Å²) in [6.45, 7) is 1.77. The van der Waals surface area contributed by atoms with Gasteiger partial charge in [-0.3, -0.25) is 14.9 Å². The molecule has 28 heavy (non-hydrogen) atoms. The molecule has 0 fully saturated rings. The fourth-order valence-corrected chi connectivity index (χ4v) is 3.67. The summed E-state index contributed by atoms with van der Waals surface area (Å²) in [5, 5.41) is 25.5. The second-order valence-corrected chi connectivity index (χ2v) is 7.12. The highest BCUT2D eigenvalue weighted by molar-refractivity contribution is 7.99. The lowest BCUT2D eigenvalue weighted by atomic mass is 10.1. The van der Waals surface area contributed by atoms with Gasteiger partial charge in [-0.25, -0.2) is 0 Å². The van der Waals surface area contributed by atoms with E-state index in [1.54, 1.807) is 55.2 Å². The second kappa shape index (κ2) is 6.89. The molecule has 9 nitrogen and oxygen atoms in total. The van der Waals surface area contributed by atoms with Crippen molar-refractivity contribution in [3.05, 3.63) is 75.0 Å². The molecule has 0 aliphatic carbocycles. The largest absolute Gasteiger partial charge is 0.311 e. The molecule has 0 bridgehead atoms. The standard InChI is InChI=1S/C18H14N6O3S/c1-11-13-5-3-4-6-14(13)17(25)23(21-11)16-9-12(7-8-15(16)24(26)27)28-18-20-19-10-22(18)2/h3-10H,1-2H3. The van der Waals surface area contributed by atoms with Crippen molar-refractivity contribution < 1.29 is 4.92 Å². The van der Waals surface area contributed by atoms with Gasteiger partial charge >= 0.3 is 0 Å². The Labute approximate surface area is 162 Å². The first-order valence-electron chi connectivity index (χ1n) is 8.25. The number of nitro benzene ring substituents is 1. The lowest BCUT2D eigenvalue weighted by Gasteiger charge is -2.10. The van der Waals surface area contributed by atoms with Crippen LogP contribution >= 0.6 is 11.8 Å². The minimum atomic E-state index is -0.523. The fraction of sp³-hybridized carbons (Fsp3) is 0.111. The number of hydrogen-bond donors (Lipinski definition) is 0. The van der Waals surface area contributed by atoms with Crippen LogP contribution in [0.2, 0.25) is 0 Å². The zero-order chi connectivity index (χ0) is 19.8. The predicted octanol–water partition coefficient (Wildman–Crippen LogP) is 2.88. The maximum absolute atomic E-state index is 13.0. The summed E-state index contributed by atoms with van der Waals surface area (Å²) in [6, 6.07) is 11.6. The third-order valence-electron chi connectivity index (χ3n) is 4.24. The Balaban J connectivity index is 1.93. The molecule has 0 N–H and O–H groups in total. The van der Waals surface area contributed by atoms with E-state index in [4.69, 9.17) is 0 Å². The van der Waals surface area contributed by atoms with Crippen LogP contribution in [0.5, 0.6) is 0 Å². The third kappa shape index (κ3) is 3.03. The Morgan fingerprint density at radius 3 is 2.57 bits per heavy atom. The Kier molecular flexibility index (Phi) is 4.40. The first-order valence-corrected chi connectivity index (χ1v) is 9.06. The van der Waals surface area contributed by atoms with E-state index in [-0.39, 0.29) is 11.4 Å². The van der Waals surface area contributed by atoms with Gasteiger partial charge in [0.15, 0.2) is 5.16 Å². The second-order valence-electron chi connectivity index (χ2n) is 6.08. The smallest absolute Gasteiger partial charge is 0.295 e. The molecule has 0 unspecified atom stereocenters. The van der Waals surface area contributed by atoms with E-state index in [9.17, 15) is 14.9 Å². The van der Waals surface area contributed by atoms with Crippen LogP contribution in [0.3, 0.4) is 0 Å². The number of nitro groups is 1. The van der Waals surface area contributed by atoms with E-state index in [0.29, 0.717) is 21.1 Å². The summed E-state index contributed by atoms with van der Waals surface area (Å²) in [4.78, 5) is 24.7. The number of benzene rings is 2. The lowest BCUT2D eigenvalue weighted by molar-refractivity contribution is -0.384. The number of hydrogen-bond acceptors (Lipinski definition) is 7. The molecule has 0 aliphatic rings. The van der Waals surface area contributed by atoms with Gasteiger partial charge in [0, 0.05) is 23.4 Å². The zero-order valence-corrected chi connectivity index (χ0v) is 15.8. The molecule has 2 aromatic carbocycles. The molecule has 10 heteroatoms. The van der Waals surface area contributed by atoms with Gasteiger partial charge < -0.3 is 4.57 Å². The summed E-state index contributed by atoms with van der Waals surface area (Å²) >= 11 is 1.29. The third-order valence-corrected chi connectivity index (χ3v) is 5.28. The van der Waals surface area contributed by atoms with Crippen molar-refractivity contribution in [2.45, 2.75) is 17.0 Å². The molecule has 4 aromatic rings. The average molecular weight is 394 g/mol. The molecule has 4 rings (SSSR count). The highest BCUT2D eigenvalue weighted by Gasteiger charge is 2.20. The van der Waals surface area contributed by atoms with Crippen LogP contribution in [0.25, 0.3) is 16.5 Å². The number of rotatable bonds is 4. The minimum absolute atomic E-state index is 0.107. The fourth-order valence-electron chi connectivity index (χ4n) is 2.87. The van der Waals surface area contributed by atoms with Gasteiger partial charge in [-0.2, -0.15) is 9.78 Å². The van der Waals surface area contributed by atoms with Crippen LogP contribution in [-0.4, -0.2) is 29.5 Å². The summed E-state index contributed by atoms with van der Waals surface area (Å²) in [5.74, 6) is 0. The van der Waals surface area contributed by atoms with Crippen molar-refractivity contribution in [1.82, 2.24) is 24.5 Å². The highest BCUT2D eigenvalue weighted by Crippen LogP contribution is 2.31. The summed E-state index contributed by atoms with van der Waals surface area (Å²) in [6.07, 6.45) is 1.56. The van der Waals surface area contributed by atoms with E-state index in [1.165, 1.54) is 17.8 Å². The van der Waals surface area contributed by atoms with Crippen molar-refractivity contribution in [2.75, 3.05) is 0 Å². The normalized spacial score (nSPS) is 11.1. The Hall–Kier alpha value is -3.53. The van der Waals surface area contributed by atoms with Crippen molar-refractivity contribution in [2.24, 2.45) is 7.05 Å². The first kappa shape index (κ1) is 17.9. The van der Waals surface area contributed by atoms with Gasteiger partial charge in [-0.1, -0.05) is 18.2 Å². The molecule has 0 aliphatic heterocycles. The molecular formula is C18H14N6O3S. The van der Waals surface area contributed by atoms with E-state index in [2.05, 4.69) is 15.3 Å². The number of aryl methyl sites for hydroxylation is 2. The Morgan fingerprint density at radius 1 is 1.14 bits per heavy atom. The van der Waals surface area contributed by atoms with E-state index < -0.39 is 10.5 Å². The van der Waals surface area contributed by atoms with Gasteiger partial charge in [0.25, 0.3) is 11.2 Å². The number of fused-ring (bicyclic) bond motifs is 1. The van der Waals surface area contributed by atoms with Crippen molar-refractivity contribution in [3.8, 4) is 5.69 Å². The van der Waals surface area contributed by atoms with E-state index in [1.807, 2.05) is 6.07 Å². The van der Waals surface area contributed by atoms with Crippen LogP contribution in [-0.2, 0) is 7.05 Å². The first-order chi connectivity index (χ1) is 13.5. The van der Waals surface area contributed by atoms with Crippen LogP contribution < -0.4 is 5.56 Å². The van der Waals surface area contributed by atoms with Crippen LogP contribution in [0.15, 0.2) is 63.6 Å². The SMILES string of the molecule is Cc1nn(-c2cc(Sc3nncn3C)ccc2[N+](=O)[O-])c(=O)c2ccccc12. The van der Waals surface area contributed by atoms with E-state index in [0.717, 1.165) is 10.1 Å². The quantitative estimate of drug-likeness (QED) is 0.387. The lowest BCUT2D eigenvalue weighted by Crippen LogP contribution is -2.23. The summed E-state index contributed by atoms with van der Waals surface area (Å²) < 4.78 is 2.83. The van der Waals surface area contributed by atoms with Crippen molar-refractivity contribution >= 4 is 28.2 Å². The van der Waals surface area contributed by atoms with Gasteiger partial charge in [0.2, 0.25) is 0 Å². The Morgan fingerprint density at radius 2 is 1.89 bits per heavy atom. The van der Waals surface area contributed by atoms with Crippen molar-refractivity contribution in [1.29, 1.82) is 0 Å². The number of nitrogens with zero attached hydrogens (tertiary/aromatic N) is 6. The minimum Gasteiger partial charge on any atom is -0.311 e. The molecule has 140 valence electrons. The van der Waals surface area contributed by atoms with Gasteiger partial charge in [-0.05, 0) is 36.9 Å². The monoisotopic (exact) mass is 394 g/mol. The molecule has 0 atom stereocenters.